The summed E-state index contributed by atoms with van der Waals surface area (Å²) in [5.41, 5.74) is 0.807. The molecule has 21 heavy (non-hydrogen) atoms. The summed E-state index contributed by atoms with van der Waals surface area (Å²) in [6.45, 7) is 0. The van der Waals surface area contributed by atoms with Crippen LogP contribution in [-0.2, 0) is 9.84 Å². The molecule has 2 unspecified atom stereocenters. The molecule has 0 spiro atoms. The van der Waals surface area contributed by atoms with Crippen molar-refractivity contribution in [3.8, 4) is 5.82 Å². The van der Waals surface area contributed by atoms with Gasteiger partial charge >= 0.3 is 0 Å². The summed E-state index contributed by atoms with van der Waals surface area (Å²) >= 11 is 0. The van der Waals surface area contributed by atoms with Gasteiger partial charge in [-0.3, -0.25) is 0 Å². The average molecular weight is 306 g/mol. The minimum Gasteiger partial charge on any atom is -0.378 e. The van der Waals surface area contributed by atoms with Gasteiger partial charge in [0.1, 0.15) is 0 Å². The lowest BCUT2D eigenvalue weighted by atomic mass is 10.2. The maximum atomic E-state index is 11.9. The summed E-state index contributed by atoms with van der Waals surface area (Å²) in [6, 6.07) is 5.49. The first-order valence-electron chi connectivity index (χ1n) is 6.96. The molecule has 1 N–H and O–H groups in total. The topological polar surface area (TPSA) is 76.9 Å². The number of hydrogen-bond acceptors (Lipinski definition) is 5. The highest BCUT2D eigenvalue weighted by atomic mass is 32.2. The molecule has 7 heteroatoms. The fourth-order valence-corrected chi connectivity index (χ4v) is 4.29. The number of rotatable bonds is 4. The molecule has 112 valence electrons. The Balaban J connectivity index is 1.89. The molecule has 0 aliphatic heterocycles. The molecule has 2 heterocycles. The van der Waals surface area contributed by atoms with Crippen LogP contribution in [0.5, 0.6) is 0 Å². The number of nitrogens with zero attached hydrogens (tertiary/aromatic N) is 3. The van der Waals surface area contributed by atoms with Gasteiger partial charge in [-0.1, -0.05) is 0 Å². The second-order valence-electron chi connectivity index (χ2n) is 5.37. The van der Waals surface area contributed by atoms with Gasteiger partial charge in [-0.2, -0.15) is 5.10 Å². The predicted octanol–water partition coefficient (Wildman–Crippen LogP) is 1.64. The second kappa shape index (κ2) is 5.48. The van der Waals surface area contributed by atoms with E-state index in [1.807, 2.05) is 24.4 Å². The van der Waals surface area contributed by atoms with Crippen molar-refractivity contribution >= 4 is 15.5 Å². The van der Waals surface area contributed by atoms with Gasteiger partial charge in [-0.25, -0.2) is 18.1 Å². The normalized spacial score (nSPS) is 22.3. The molecule has 0 saturated heterocycles. The summed E-state index contributed by atoms with van der Waals surface area (Å²) < 4.78 is 25.4. The smallest absolute Gasteiger partial charge is 0.176 e. The third-order valence-electron chi connectivity index (χ3n) is 3.85. The molecule has 1 saturated carbocycles. The van der Waals surface area contributed by atoms with Gasteiger partial charge in [0.05, 0.1) is 10.9 Å². The average Bonchev–Trinajstić information content (AvgIpc) is 3.09. The largest absolute Gasteiger partial charge is 0.378 e. The zero-order valence-electron chi connectivity index (χ0n) is 11.8. The second-order valence-corrected chi connectivity index (χ2v) is 7.64. The quantitative estimate of drug-likeness (QED) is 0.929. The van der Waals surface area contributed by atoms with Gasteiger partial charge in [-0.05, 0) is 37.5 Å². The SMILES string of the molecule is CS(=O)(=O)C1CCCC1Nc1cccnc1-n1cccn1. The highest BCUT2D eigenvalue weighted by molar-refractivity contribution is 7.91. The number of aromatic nitrogens is 3. The van der Waals surface area contributed by atoms with Crippen molar-refractivity contribution in [2.45, 2.75) is 30.6 Å². The molecule has 0 amide bonds. The molecule has 0 radical (unpaired) electrons. The van der Waals surface area contributed by atoms with Crippen LogP contribution in [0.2, 0.25) is 0 Å². The lowest BCUT2D eigenvalue weighted by molar-refractivity contribution is 0.579. The molecule has 1 fully saturated rings. The van der Waals surface area contributed by atoms with Crippen LogP contribution in [0.1, 0.15) is 19.3 Å². The van der Waals surface area contributed by atoms with Crippen molar-refractivity contribution in [1.82, 2.24) is 14.8 Å². The van der Waals surface area contributed by atoms with Gasteiger partial charge in [0.15, 0.2) is 15.7 Å². The highest BCUT2D eigenvalue weighted by Gasteiger charge is 2.35. The van der Waals surface area contributed by atoms with Gasteiger partial charge < -0.3 is 5.32 Å². The Hall–Kier alpha value is -1.89. The first kappa shape index (κ1) is 14.1. The van der Waals surface area contributed by atoms with Crippen molar-refractivity contribution in [3.05, 3.63) is 36.8 Å². The molecule has 2 atom stereocenters. The van der Waals surface area contributed by atoms with Crippen molar-refractivity contribution in [2.24, 2.45) is 0 Å². The molecule has 2 aromatic heterocycles. The van der Waals surface area contributed by atoms with Crippen LogP contribution < -0.4 is 5.32 Å². The van der Waals surface area contributed by atoms with Crippen molar-refractivity contribution < 1.29 is 8.42 Å². The summed E-state index contributed by atoms with van der Waals surface area (Å²) in [5, 5.41) is 7.21. The molecule has 3 rings (SSSR count). The first-order valence-corrected chi connectivity index (χ1v) is 8.91. The number of pyridine rings is 1. The standard InChI is InChI=1S/C14H18N4O2S/c1-21(19,20)13-7-2-5-11(13)17-12-6-3-8-15-14(12)18-10-4-9-16-18/h3-4,6,8-11,13,17H,2,5,7H2,1H3. The van der Waals surface area contributed by atoms with Crippen LogP contribution in [-0.4, -0.2) is 40.7 Å². The summed E-state index contributed by atoms with van der Waals surface area (Å²) in [5.74, 6) is 0.682. The minimum atomic E-state index is -3.04. The van der Waals surface area contributed by atoms with E-state index >= 15 is 0 Å². The zero-order chi connectivity index (χ0) is 14.9. The van der Waals surface area contributed by atoms with E-state index in [1.54, 1.807) is 17.1 Å². The van der Waals surface area contributed by atoms with Gasteiger partial charge in [-0.15, -0.1) is 0 Å². The maximum Gasteiger partial charge on any atom is 0.176 e. The monoisotopic (exact) mass is 306 g/mol. The molecule has 2 aromatic rings. The van der Waals surface area contributed by atoms with Crippen LogP contribution in [0.4, 0.5) is 5.69 Å². The lowest BCUT2D eigenvalue weighted by Crippen LogP contribution is -2.34. The maximum absolute atomic E-state index is 11.9. The Labute approximate surface area is 124 Å². The number of sulfone groups is 1. The third-order valence-corrected chi connectivity index (χ3v) is 5.52. The van der Waals surface area contributed by atoms with Crippen LogP contribution in [0.3, 0.4) is 0 Å². The van der Waals surface area contributed by atoms with Crippen molar-refractivity contribution in [3.63, 3.8) is 0 Å². The minimum absolute atomic E-state index is 0.0708. The number of nitrogens with one attached hydrogen (secondary N) is 1. The highest BCUT2D eigenvalue weighted by Crippen LogP contribution is 2.29. The first-order chi connectivity index (χ1) is 10.1. The zero-order valence-corrected chi connectivity index (χ0v) is 12.6. The number of anilines is 1. The van der Waals surface area contributed by atoms with Gasteiger partial charge in [0.25, 0.3) is 0 Å². The van der Waals surface area contributed by atoms with Gasteiger partial charge in [0.2, 0.25) is 0 Å². The molecule has 1 aliphatic rings. The molecule has 0 aromatic carbocycles. The van der Waals surface area contributed by atoms with E-state index in [0.29, 0.717) is 12.2 Å². The molecule has 6 nitrogen and oxygen atoms in total. The van der Waals surface area contributed by atoms with Crippen LogP contribution in [0, 0.1) is 0 Å². The van der Waals surface area contributed by atoms with Crippen LogP contribution >= 0.6 is 0 Å². The number of hydrogen-bond donors (Lipinski definition) is 1. The van der Waals surface area contributed by atoms with E-state index in [0.717, 1.165) is 18.5 Å². The Bertz CT molecular complexity index is 712. The van der Waals surface area contributed by atoms with E-state index in [2.05, 4.69) is 15.4 Å². The van der Waals surface area contributed by atoms with Crippen molar-refractivity contribution in [2.75, 3.05) is 11.6 Å². The van der Waals surface area contributed by atoms with E-state index in [1.165, 1.54) is 6.26 Å². The summed E-state index contributed by atoms with van der Waals surface area (Å²) in [7, 11) is -3.04. The fourth-order valence-electron chi connectivity index (χ4n) is 2.89. The lowest BCUT2D eigenvalue weighted by Gasteiger charge is -2.21. The summed E-state index contributed by atoms with van der Waals surface area (Å²) in [4.78, 5) is 4.34. The fraction of sp³-hybridized carbons (Fsp3) is 0.429. The molecular weight excluding hydrogens is 288 g/mol. The van der Waals surface area contributed by atoms with Gasteiger partial charge in [0, 0.05) is 30.9 Å². The predicted molar refractivity (Wildman–Crippen MR) is 81.3 cm³/mol. The van der Waals surface area contributed by atoms with Crippen molar-refractivity contribution in [1.29, 1.82) is 0 Å². The van der Waals surface area contributed by atoms with E-state index < -0.39 is 9.84 Å². The molecule has 0 bridgehead atoms. The Morgan fingerprint density at radius 3 is 2.86 bits per heavy atom. The van der Waals surface area contributed by atoms with Crippen LogP contribution in [0.15, 0.2) is 36.8 Å². The van der Waals surface area contributed by atoms with E-state index in [-0.39, 0.29) is 11.3 Å². The Kier molecular flexibility index (Phi) is 3.67. The Morgan fingerprint density at radius 2 is 2.14 bits per heavy atom. The van der Waals surface area contributed by atoms with Crippen LogP contribution in [0.25, 0.3) is 5.82 Å². The third kappa shape index (κ3) is 2.92. The molecule has 1 aliphatic carbocycles. The molecular formula is C14H18N4O2S. The Morgan fingerprint density at radius 1 is 1.29 bits per heavy atom. The van der Waals surface area contributed by atoms with E-state index in [9.17, 15) is 8.42 Å². The summed E-state index contributed by atoms with van der Waals surface area (Å²) in [6.07, 6.45) is 9.01. The van der Waals surface area contributed by atoms with E-state index in [4.69, 9.17) is 0 Å².